The third kappa shape index (κ3) is 6.94. The SMILES string of the molecule is CCCCCCCCC1CCCNCC1. The van der Waals surface area contributed by atoms with Gasteiger partial charge >= 0.3 is 0 Å². The number of nitrogens with one attached hydrogen (secondary N) is 1. The van der Waals surface area contributed by atoms with Crippen LogP contribution in [-0.2, 0) is 0 Å². The molecule has 0 radical (unpaired) electrons. The Morgan fingerprint density at radius 3 is 2.60 bits per heavy atom. The lowest BCUT2D eigenvalue weighted by Gasteiger charge is -2.12. The molecule has 1 unspecified atom stereocenters. The van der Waals surface area contributed by atoms with E-state index in [-0.39, 0.29) is 0 Å². The van der Waals surface area contributed by atoms with Crippen molar-refractivity contribution in [2.24, 2.45) is 5.92 Å². The number of hydrogen-bond donors (Lipinski definition) is 1. The quantitative estimate of drug-likeness (QED) is 0.624. The zero-order valence-electron chi connectivity index (χ0n) is 10.6. The maximum atomic E-state index is 3.50. The normalized spacial score (nSPS) is 22.6. The van der Waals surface area contributed by atoms with E-state index in [4.69, 9.17) is 0 Å². The molecule has 0 aromatic carbocycles. The minimum atomic E-state index is 1.03. The summed E-state index contributed by atoms with van der Waals surface area (Å²) in [6.45, 7) is 4.81. The molecule has 1 heterocycles. The summed E-state index contributed by atoms with van der Waals surface area (Å²) in [5.41, 5.74) is 0. The molecule has 0 amide bonds. The van der Waals surface area contributed by atoms with Gasteiger partial charge < -0.3 is 5.32 Å². The number of rotatable bonds is 7. The van der Waals surface area contributed by atoms with E-state index in [1.807, 2.05) is 0 Å². The van der Waals surface area contributed by atoms with Crippen molar-refractivity contribution >= 4 is 0 Å². The Morgan fingerprint density at radius 2 is 1.73 bits per heavy atom. The molecule has 1 saturated heterocycles. The van der Waals surface area contributed by atoms with Crippen molar-refractivity contribution in [3.63, 3.8) is 0 Å². The maximum absolute atomic E-state index is 3.50. The smallest absolute Gasteiger partial charge is 0.00463 e. The van der Waals surface area contributed by atoms with Gasteiger partial charge in [-0.05, 0) is 38.3 Å². The van der Waals surface area contributed by atoms with Crippen molar-refractivity contribution in [1.82, 2.24) is 5.32 Å². The monoisotopic (exact) mass is 211 g/mol. The van der Waals surface area contributed by atoms with E-state index >= 15 is 0 Å². The molecule has 15 heavy (non-hydrogen) atoms. The predicted octanol–water partition coefficient (Wildman–Crippen LogP) is 4.13. The summed E-state index contributed by atoms with van der Waals surface area (Å²) < 4.78 is 0. The predicted molar refractivity (Wildman–Crippen MR) is 68.2 cm³/mol. The summed E-state index contributed by atoms with van der Waals surface area (Å²) >= 11 is 0. The van der Waals surface area contributed by atoms with E-state index in [1.54, 1.807) is 0 Å². The molecule has 1 heteroatoms. The average molecular weight is 211 g/mol. The molecule has 1 nitrogen and oxygen atoms in total. The van der Waals surface area contributed by atoms with E-state index in [1.165, 1.54) is 77.3 Å². The molecule has 1 aliphatic rings. The first-order valence-electron chi connectivity index (χ1n) is 7.14. The first kappa shape index (κ1) is 13.0. The standard InChI is InChI=1S/C14H29N/c1-2-3-4-5-6-7-9-14-10-8-12-15-13-11-14/h14-15H,2-13H2,1H3. The van der Waals surface area contributed by atoms with Crippen molar-refractivity contribution in [2.45, 2.75) is 71.1 Å². The van der Waals surface area contributed by atoms with Gasteiger partial charge in [0.25, 0.3) is 0 Å². The highest BCUT2D eigenvalue weighted by atomic mass is 14.8. The van der Waals surface area contributed by atoms with Crippen LogP contribution in [-0.4, -0.2) is 13.1 Å². The van der Waals surface area contributed by atoms with Crippen LogP contribution in [0.15, 0.2) is 0 Å². The van der Waals surface area contributed by atoms with Gasteiger partial charge in [0.05, 0.1) is 0 Å². The van der Waals surface area contributed by atoms with Gasteiger partial charge in [-0.25, -0.2) is 0 Å². The second kappa shape index (κ2) is 9.21. The van der Waals surface area contributed by atoms with Gasteiger partial charge in [-0.2, -0.15) is 0 Å². The Balaban J connectivity index is 1.89. The number of unbranched alkanes of at least 4 members (excludes halogenated alkanes) is 5. The molecule has 0 bridgehead atoms. The van der Waals surface area contributed by atoms with Crippen LogP contribution in [0.4, 0.5) is 0 Å². The fraction of sp³-hybridized carbons (Fsp3) is 1.00. The second-order valence-corrected chi connectivity index (χ2v) is 5.10. The lowest BCUT2D eigenvalue weighted by molar-refractivity contribution is 0.413. The van der Waals surface area contributed by atoms with Crippen molar-refractivity contribution in [3.8, 4) is 0 Å². The number of hydrogen-bond acceptors (Lipinski definition) is 1. The summed E-state index contributed by atoms with van der Waals surface area (Å²) in [7, 11) is 0. The molecular weight excluding hydrogens is 182 g/mol. The van der Waals surface area contributed by atoms with Crippen LogP contribution in [0.25, 0.3) is 0 Å². The molecule has 0 aromatic heterocycles. The molecule has 0 aromatic rings. The van der Waals surface area contributed by atoms with E-state index in [0.717, 1.165) is 5.92 Å². The Kier molecular flexibility index (Phi) is 7.99. The highest BCUT2D eigenvalue weighted by Gasteiger charge is 2.10. The van der Waals surface area contributed by atoms with Crippen LogP contribution >= 0.6 is 0 Å². The largest absolute Gasteiger partial charge is 0.317 e. The average Bonchev–Trinajstić information content (AvgIpc) is 2.52. The Bertz CT molecular complexity index is 125. The van der Waals surface area contributed by atoms with E-state index in [9.17, 15) is 0 Å². The van der Waals surface area contributed by atoms with Gasteiger partial charge in [0.2, 0.25) is 0 Å². The Morgan fingerprint density at radius 1 is 0.933 bits per heavy atom. The van der Waals surface area contributed by atoms with Crippen LogP contribution in [0.5, 0.6) is 0 Å². The molecule has 90 valence electrons. The van der Waals surface area contributed by atoms with Gasteiger partial charge in [0.1, 0.15) is 0 Å². The second-order valence-electron chi connectivity index (χ2n) is 5.10. The van der Waals surface area contributed by atoms with Crippen molar-refractivity contribution in [1.29, 1.82) is 0 Å². The molecule has 0 saturated carbocycles. The zero-order chi connectivity index (χ0) is 10.8. The van der Waals surface area contributed by atoms with Gasteiger partial charge in [0.15, 0.2) is 0 Å². The van der Waals surface area contributed by atoms with Crippen LogP contribution in [0.3, 0.4) is 0 Å². The highest BCUT2D eigenvalue weighted by molar-refractivity contribution is 4.66. The summed E-state index contributed by atoms with van der Waals surface area (Å²) in [6, 6.07) is 0. The molecule has 1 fully saturated rings. The van der Waals surface area contributed by atoms with Crippen LogP contribution in [0, 0.1) is 5.92 Å². The molecule has 1 rings (SSSR count). The zero-order valence-corrected chi connectivity index (χ0v) is 10.6. The van der Waals surface area contributed by atoms with E-state index in [2.05, 4.69) is 12.2 Å². The summed E-state index contributed by atoms with van der Waals surface area (Å²) in [4.78, 5) is 0. The van der Waals surface area contributed by atoms with Crippen molar-refractivity contribution in [2.75, 3.05) is 13.1 Å². The van der Waals surface area contributed by atoms with Crippen LogP contribution < -0.4 is 5.32 Å². The van der Waals surface area contributed by atoms with Gasteiger partial charge in [-0.1, -0.05) is 51.9 Å². The molecule has 1 atom stereocenters. The van der Waals surface area contributed by atoms with Crippen molar-refractivity contribution < 1.29 is 0 Å². The lowest BCUT2D eigenvalue weighted by atomic mass is 9.94. The summed E-state index contributed by atoms with van der Waals surface area (Å²) in [6.07, 6.45) is 14.5. The first-order valence-corrected chi connectivity index (χ1v) is 7.14. The minimum absolute atomic E-state index is 1.03. The summed E-state index contributed by atoms with van der Waals surface area (Å²) in [5.74, 6) is 1.03. The third-order valence-corrected chi connectivity index (χ3v) is 3.66. The third-order valence-electron chi connectivity index (χ3n) is 3.66. The Labute approximate surface area is 96.0 Å². The molecule has 0 spiro atoms. The van der Waals surface area contributed by atoms with Crippen molar-refractivity contribution in [3.05, 3.63) is 0 Å². The minimum Gasteiger partial charge on any atom is -0.317 e. The summed E-state index contributed by atoms with van der Waals surface area (Å²) in [5, 5.41) is 3.50. The first-order chi connectivity index (χ1) is 7.43. The molecule has 1 N–H and O–H groups in total. The van der Waals surface area contributed by atoms with Crippen LogP contribution in [0.2, 0.25) is 0 Å². The highest BCUT2D eigenvalue weighted by Crippen LogP contribution is 2.20. The topological polar surface area (TPSA) is 12.0 Å². The fourth-order valence-corrected chi connectivity index (χ4v) is 2.59. The maximum Gasteiger partial charge on any atom is -0.00463 e. The van der Waals surface area contributed by atoms with Crippen LogP contribution in [0.1, 0.15) is 71.1 Å². The fourth-order valence-electron chi connectivity index (χ4n) is 2.59. The molecule has 0 aliphatic carbocycles. The van der Waals surface area contributed by atoms with Gasteiger partial charge in [0, 0.05) is 0 Å². The van der Waals surface area contributed by atoms with Gasteiger partial charge in [-0.3, -0.25) is 0 Å². The molecular formula is C14H29N. The van der Waals surface area contributed by atoms with E-state index < -0.39 is 0 Å². The van der Waals surface area contributed by atoms with Gasteiger partial charge in [-0.15, -0.1) is 0 Å². The Hall–Kier alpha value is -0.0400. The van der Waals surface area contributed by atoms with E-state index in [0.29, 0.717) is 0 Å². The lowest BCUT2D eigenvalue weighted by Crippen LogP contribution is -2.14. The molecule has 1 aliphatic heterocycles.